The number of carbonyl (C=O) groups is 2. The maximum absolute atomic E-state index is 13.5. The third kappa shape index (κ3) is 4.71. The largest absolute Gasteiger partial charge is 0.478 e. The van der Waals surface area contributed by atoms with Crippen LogP contribution in [-0.4, -0.2) is 47.2 Å². The van der Waals surface area contributed by atoms with E-state index >= 15 is 0 Å². The third-order valence-electron chi connectivity index (χ3n) is 2.31. The molecule has 0 saturated carbocycles. The lowest BCUT2D eigenvalue weighted by Crippen LogP contribution is -2.31. The van der Waals surface area contributed by atoms with Gasteiger partial charge in [-0.05, 0) is 18.2 Å². The molecule has 1 atom stereocenters. The first-order chi connectivity index (χ1) is 9.45. The molecular weight excluding hydrogens is 289 g/mol. The monoisotopic (exact) mass is 303 g/mol. The van der Waals surface area contributed by atoms with Gasteiger partial charge in [0.25, 0.3) is 0 Å². The zero-order valence-electron chi connectivity index (χ0n) is 10.7. The molecule has 1 unspecified atom stereocenters. The Kier molecular flexibility index (Phi) is 6.26. The summed E-state index contributed by atoms with van der Waals surface area (Å²) >= 11 is 0. The summed E-state index contributed by atoms with van der Waals surface area (Å²) in [4.78, 5) is 21.9. The van der Waals surface area contributed by atoms with Gasteiger partial charge >= 0.3 is 5.97 Å². The molecule has 8 heteroatoms. The highest BCUT2D eigenvalue weighted by Crippen LogP contribution is 2.15. The lowest BCUT2D eigenvalue weighted by Gasteiger charge is -2.06. The number of amides is 1. The topological polar surface area (TPSA) is 92.7 Å². The van der Waals surface area contributed by atoms with Crippen LogP contribution in [-0.2, 0) is 20.3 Å². The number of carboxylic acid groups (broad SMARTS) is 1. The summed E-state index contributed by atoms with van der Waals surface area (Å²) in [5.74, 6) is -3.03. The Hall–Kier alpha value is -1.80. The number of hydrogen-bond acceptors (Lipinski definition) is 4. The van der Waals surface area contributed by atoms with Crippen molar-refractivity contribution in [2.45, 2.75) is 4.90 Å². The Morgan fingerprint density at radius 1 is 1.45 bits per heavy atom. The number of halogens is 1. The molecule has 1 aromatic rings. The fourth-order valence-electron chi connectivity index (χ4n) is 1.35. The number of benzene rings is 1. The highest BCUT2D eigenvalue weighted by atomic mass is 32.2. The van der Waals surface area contributed by atoms with Crippen LogP contribution in [0.4, 0.5) is 4.39 Å². The Bertz CT molecular complexity index is 535. The van der Waals surface area contributed by atoms with E-state index < -0.39 is 34.2 Å². The number of aromatic carboxylic acids is 1. The molecule has 0 aliphatic heterocycles. The summed E-state index contributed by atoms with van der Waals surface area (Å²) in [5, 5.41) is 11.2. The van der Waals surface area contributed by atoms with Crippen molar-refractivity contribution in [3.8, 4) is 0 Å². The lowest BCUT2D eigenvalue weighted by molar-refractivity contribution is -0.118. The fraction of sp³-hybridized carbons (Fsp3) is 0.333. The Morgan fingerprint density at radius 3 is 2.75 bits per heavy atom. The van der Waals surface area contributed by atoms with Gasteiger partial charge in [0.2, 0.25) is 5.91 Å². The first kappa shape index (κ1) is 16.3. The van der Waals surface area contributed by atoms with Crippen LogP contribution in [0.1, 0.15) is 10.4 Å². The summed E-state index contributed by atoms with van der Waals surface area (Å²) < 4.78 is 30.1. The van der Waals surface area contributed by atoms with Crippen molar-refractivity contribution in [3.05, 3.63) is 29.6 Å². The molecule has 1 amide bonds. The smallest absolute Gasteiger partial charge is 0.335 e. The molecule has 110 valence electrons. The van der Waals surface area contributed by atoms with E-state index in [4.69, 9.17) is 9.84 Å². The lowest BCUT2D eigenvalue weighted by atomic mass is 10.2. The second-order valence-electron chi connectivity index (χ2n) is 3.78. The first-order valence-corrected chi connectivity index (χ1v) is 6.94. The molecule has 0 aliphatic carbocycles. The zero-order valence-corrected chi connectivity index (χ0v) is 11.5. The minimum Gasteiger partial charge on any atom is -0.478 e. The number of carboxylic acids is 1. The molecular formula is C12H14FNO5S. The molecule has 0 aliphatic rings. The number of carbonyl (C=O) groups excluding carboxylic acids is 1. The summed E-state index contributed by atoms with van der Waals surface area (Å²) in [6.45, 7) is 0.561. The van der Waals surface area contributed by atoms with E-state index in [-0.39, 0.29) is 17.0 Å². The zero-order chi connectivity index (χ0) is 15.1. The summed E-state index contributed by atoms with van der Waals surface area (Å²) in [6.07, 6.45) is 0. The van der Waals surface area contributed by atoms with E-state index in [9.17, 15) is 18.2 Å². The van der Waals surface area contributed by atoms with E-state index in [1.807, 2.05) is 0 Å². The van der Waals surface area contributed by atoms with Gasteiger partial charge in [-0.2, -0.15) is 0 Å². The molecule has 0 spiro atoms. The molecule has 0 heterocycles. The molecule has 0 radical (unpaired) electrons. The second-order valence-corrected chi connectivity index (χ2v) is 5.20. The highest BCUT2D eigenvalue weighted by molar-refractivity contribution is 7.85. The summed E-state index contributed by atoms with van der Waals surface area (Å²) in [5.41, 5.74) is -0.186. The average molecular weight is 303 g/mol. The number of hydrogen-bond donors (Lipinski definition) is 2. The first-order valence-electron chi connectivity index (χ1n) is 5.62. The van der Waals surface area contributed by atoms with Crippen molar-refractivity contribution in [3.63, 3.8) is 0 Å². The van der Waals surface area contributed by atoms with Crippen molar-refractivity contribution in [2.75, 3.05) is 26.0 Å². The molecule has 0 aromatic heterocycles. The van der Waals surface area contributed by atoms with Crippen molar-refractivity contribution in [2.24, 2.45) is 0 Å². The van der Waals surface area contributed by atoms with E-state index in [1.54, 1.807) is 0 Å². The van der Waals surface area contributed by atoms with Gasteiger partial charge in [-0.1, -0.05) is 0 Å². The number of rotatable bonds is 7. The molecule has 2 N–H and O–H groups in total. The predicted octanol–water partition coefficient (Wildman–Crippen LogP) is 0.394. The van der Waals surface area contributed by atoms with E-state index in [0.29, 0.717) is 6.61 Å². The summed E-state index contributed by atoms with van der Waals surface area (Å²) in [6, 6.07) is 2.95. The van der Waals surface area contributed by atoms with Gasteiger partial charge in [0, 0.05) is 13.7 Å². The van der Waals surface area contributed by atoms with Crippen molar-refractivity contribution < 1.29 is 28.0 Å². The van der Waals surface area contributed by atoms with Gasteiger partial charge in [0.05, 0.1) is 27.9 Å². The minimum absolute atomic E-state index is 0.186. The number of ether oxygens (including phenoxy) is 1. The molecule has 1 rings (SSSR count). The van der Waals surface area contributed by atoms with Gasteiger partial charge in [-0.25, -0.2) is 9.18 Å². The van der Waals surface area contributed by atoms with Crippen molar-refractivity contribution >= 4 is 22.7 Å². The Labute approximate surface area is 117 Å². The van der Waals surface area contributed by atoms with Crippen LogP contribution in [0.25, 0.3) is 0 Å². The fourth-order valence-corrected chi connectivity index (χ4v) is 2.39. The summed E-state index contributed by atoms with van der Waals surface area (Å²) in [7, 11) is -0.479. The van der Waals surface area contributed by atoms with Crippen molar-refractivity contribution in [1.82, 2.24) is 5.32 Å². The van der Waals surface area contributed by atoms with Crippen LogP contribution in [0, 0.1) is 5.82 Å². The molecule has 1 aromatic carbocycles. The van der Waals surface area contributed by atoms with Crippen LogP contribution in [0.3, 0.4) is 0 Å². The van der Waals surface area contributed by atoms with Crippen LogP contribution in [0.2, 0.25) is 0 Å². The van der Waals surface area contributed by atoms with Crippen LogP contribution in [0.15, 0.2) is 23.1 Å². The van der Waals surface area contributed by atoms with Crippen molar-refractivity contribution in [1.29, 1.82) is 0 Å². The maximum Gasteiger partial charge on any atom is 0.335 e. The molecule has 20 heavy (non-hydrogen) atoms. The quantitative estimate of drug-likeness (QED) is 0.711. The standard InChI is InChI=1S/C12H14FNO5S/c1-19-5-4-14-11(15)7-20(18)10-6-8(12(16)17)2-3-9(10)13/h2-3,6H,4-5,7H2,1H3,(H,14,15)(H,16,17). The van der Waals surface area contributed by atoms with Crippen LogP contribution >= 0.6 is 0 Å². The van der Waals surface area contributed by atoms with E-state index in [0.717, 1.165) is 18.2 Å². The molecule has 6 nitrogen and oxygen atoms in total. The van der Waals surface area contributed by atoms with Gasteiger partial charge < -0.3 is 15.2 Å². The van der Waals surface area contributed by atoms with Crippen LogP contribution in [0.5, 0.6) is 0 Å². The van der Waals surface area contributed by atoms with E-state index in [1.165, 1.54) is 7.11 Å². The molecule has 0 saturated heterocycles. The molecule has 0 bridgehead atoms. The highest BCUT2D eigenvalue weighted by Gasteiger charge is 2.16. The predicted molar refractivity (Wildman–Crippen MR) is 69.5 cm³/mol. The Balaban J connectivity index is 2.74. The van der Waals surface area contributed by atoms with Crippen LogP contribution < -0.4 is 5.32 Å². The Morgan fingerprint density at radius 2 is 2.15 bits per heavy atom. The normalized spacial score (nSPS) is 11.9. The van der Waals surface area contributed by atoms with Gasteiger partial charge in [0.1, 0.15) is 11.6 Å². The second kappa shape index (κ2) is 7.71. The van der Waals surface area contributed by atoms with Gasteiger partial charge in [-0.3, -0.25) is 9.00 Å². The number of nitrogens with one attached hydrogen (secondary N) is 1. The molecule has 0 fully saturated rings. The SMILES string of the molecule is COCCNC(=O)CS(=O)c1cc(C(=O)O)ccc1F. The average Bonchev–Trinajstić information content (AvgIpc) is 2.39. The minimum atomic E-state index is -1.95. The third-order valence-corrected chi connectivity index (χ3v) is 3.64. The number of methoxy groups -OCH3 is 1. The maximum atomic E-state index is 13.5. The van der Waals surface area contributed by atoms with E-state index in [2.05, 4.69) is 5.32 Å². The van der Waals surface area contributed by atoms with Gasteiger partial charge in [-0.15, -0.1) is 0 Å². The van der Waals surface area contributed by atoms with Gasteiger partial charge in [0.15, 0.2) is 0 Å².